The summed E-state index contributed by atoms with van der Waals surface area (Å²) in [5.41, 5.74) is 12.0. The number of nitrogens with zero attached hydrogens (tertiary/aromatic N) is 3. The molecule has 0 saturated carbocycles. The number of benzene rings is 4. The standard InChI is InChI=1S/C45H38N3S/c1-30-23-26-46(4)41(27-30)37-28-36-34-18-9-10-22-42(34)49-43(36)29-38(37)45(3,48-25-14-12-21-40(48)32-16-6-5-15-31(32)2)44-35-19-8-7-17-33(35)39-20-11-13-24-47(39)44/h5-29,44H,1-4H3/q+3. The largest absolute Gasteiger partial charge is 0.257 e. The van der Waals surface area contributed by atoms with E-state index in [4.69, 9.17) is 0 Å². The molecule has 0 spiro atoms. The molecule has 3 nitrogen and oxygen atoms in total. The molecular formula is C45H38N3S+3. The van der Waals surface area contributed by atoms with Crippen molar-refractivity contribution in [3.8, 4) is 33.8 Å². The van der Waals surface area contributed by atoms with Crippen LogP contribution in [0.4, 0.5) is 0 Å². The third-order valence-corrected chi connectivity index (χ3v) is 11.8. The van der Waals surface area contributed by atoms with Crippen molar-refractivity contribution >= 4 is 31.5 Å². The summed E-state index contributed by atoms with van der Waals surface area (Å²) in [5.74, 6) is 0. The number of hydrogen-bond acceptors (Lipinski definition) is 1. The lowest BCUT2D eigenvalue weighted by Crippen LogP contribution is -2.65. The minimum atomic E-state index is -0.581. The predicted octanol–water partition coefficient (Wildman–Crippen LogP) is 9.44. The highest BCUT2D eigenvalue weighted by Crippen LogP contribution is 2.48. The molecule has 0 radical (unpaired) electrons. The van der Waals surface area contributed by atoms with Gasteiger partial charge < -0.3 is 0 Å². The van der Waals surface area contributed by atoms with E-state index in [1.54, 1.807) is 0 Å². The average molecular weight is 653 g/mol. The Morgan fingerprint density at radius 2 is 1.29 bits per heavy atom. The SMILES string of the molecule is Cc1cc[n+](C)c(-c2cc3c(cc2C(C)(C2c4ccccc4-c4cccc[n+]42)[n+]2ccccc2-c2ccccc2C)sc2ccccc23)c1. The summed E-state index contributed by atoms with van der Waals surface area (Å²) in [7, 11) is 2.18. The minimum Gasteiger partial charge on any atom is -0.201 e. The van der Waals surface area contributed by atoms with Gasteiger partial charge in [-0.15, -0.1) is 11.3 Å². The average Bonchev–Trinajstić information content (AvgIpc) is 3.68. The molecule has 236 valence electrons. The quantitative estimate of drug-likeness (QED) is 0.164. The molecule has 1 aliphatic rings. The van der Waals surface area contributed by atoms with E-state index in [0.29, 0.717) is 0 Å². The van der Waals surface area contributed by atoms with Gasteiger partial charge in [0.15, 0.2) is 18.6 Å². The van der Waals surface area contributed by atoms with Crippen LogP contribution in [0.3, 0.4) is 0 Å². The van der Waals surface area contributed by atoms with Crippen molar-refractivity contribution in [3.05, 3.63) is 174 Å². The third kappa shape index (κ3) is 4.51. The lowest BCUT2D eigenvalue weighted by molar-refractivity contribution is -0.820. The zero-order valence-electron chi connectivity index (χ0n) is 28.3. The molecule has 4 aromatic heterocycles. The molecule has 49 heavy (non-hydrogen) atoms. The first kappa shape index (κ1) is 29.7. The van der Waals surface area contributed by atoms with Crippen LogP contribution in [0.2, 0.25) is 0 Å². The molecule has 4 heteroatoms. The number of thiophene rings is 1. The maximum absolute atomic E-state index is 2.57. The third-order valence-electron chi connectivity index (χ3n) is 10.7. The zero-order chi connectivity index (χ0) is 33.3. The topological polar surface area (TPSA) is 11.6 Å². The zero-order valence-corrected chi connectivity index (χ0v) is 29.1. The smallest absolute Gasteiger partial charge is 0.201 e. The van der Waals surface area contributed by atoms with Crippen LogP contribution in [0, 0.1) is 13.8 Å². The number of rotatable bonds is 5. The molecule has 0 bridgehead atoms. The van der Waals surface area contributed by atoms with Gasteiger partial charge in [0.05, 0.1) is 11.1 Å². The van der Waals surface area contributed by atoms with E-state index in [1.807, 2.05) is 11.3 Å². The molecule has 5 heterocycles. The Hall–Kier alpha value is -5.45. The van der Waals surface area contributed by atoms with Gasteiger partial charge in [0, 0.05) is 80.2 Å². The van der Waals surface area contributed by atoms with Gasteiger partial charge in [-0.1, -0.05) is 54.6 Å². The number of fused-ring (bicyclic) bond motifs is 6. The molecule has 0 fully saturated rings. The van der Waals surface area contributed by atoms with Crippen molar-refractivity contribution in [2.45, 2.75) is 32.4 Å². The molecular weight excluding hydrogens is 615 g/mol. The van der Waals surface area contributed by atoms with Crippen LogP contribution >= 0.6 is 11.3 Å². The molecule has 0 saturated heterocycles. The van der Waals surface area contributed by atoms with E-state index in [-0.39, 0.29) is 6.04 Å². The van der Waals surface area contributed by atoms with Gasteiger partial charge in [-0.25, -0.2) is 4.57 Å². The molecule has 4 aromatic carbocycles. The van der Waals surface area contributed by atoms with E-state index in [2.05, 4.69) is 194 Å². The Labute approximate surface area is 291 Å². The van der Waals surface area contributed by atoms with Gasteiger partial charge in [-0.3, -0.25) is 0 Å². The maximum atomic E-state index is 2.57. The highest BCUT2D eigenvalue weighted by molar-refractivity contribution is 7.25. The minimum absolute atomic E-state index is 0.0317. The molecule has 2 unspecified atom stereocenters. The normalized spacial score (nSPS) is 14.9. The van der Waals surface area contributed by atoms with E-state index < -0.39 is 5.54 Å². The first-order valence-electron chi connectivity index (χ1n) is 17.0. The lowest BCUT2D eigenvalue weighted by atomic mass is 9.76. The van der Waals surface area contributed by atoms with Gasteiger partial charge in [-0.2, -0.15) is 9.13 Å². The summed E-state index contributed by atoms with van der Waals surface area (Å²) < 4.78 is 9.99. The highest BCUT2D eigenvalue weighted by Gasteiger charge is 2.58. The summed E-state index contributed by atoms with van der Waals surface area (Å²) in [4.78, 5) is 0. The van der Waals surface area contributed by atoms with Crippen molar-refractivity contribution in [1.29, 1.82) is 0 Å². The van der Waals surface area contributed by atoms with E-state index in [0.717, 1.165) is 0 Å². The van der Waals surface area contributed by atoms with Crippen molar-refractivity contribution in [2.24, 2.45) is 7.05 Å². The van der Waals surface area contributed by atoms with Crippen molar-refractivity contribution in [2.75, 3.05) is 0 Å². The van der Waals surface area contributed by atoms with Gasteiger partial charge in [-0.05, 0) is 67.4 Å². The molecule has 1 aliphatic heterocycles. The van der Waals surface area contributed by atoms with Crippen LogP contribution in [-0.2, 0) is 12.6 Å². The Kier molecular flexibility index (Phi) is 6.86. The van der Waals surface area contributed by atoms with Crippen LogP contribution in [-0.4, -0.2) is 0 Å². The number of aryl methyl sites for hydroxylation is 3. The van der Waals surface area contributed by atoms with Gasteiger partial charge in [0.25, 0.3) is 11.6 Å². The van der Waals surface area contributed by atoms with E-state index in [9.17, 15) is 0 Å². The summed E-state index contributed by atoms with van der Waals surface area (Å²) in [5, 5.41) is 2.62. The lowest BCUT2D eigenvalue weighted by Gasteiger charge is -2.31. The van der Waals surface area contributed by atoms with Crippen LogP contribution < -0.4 is 13.7 Å². The first-order valence-corrected chi connectivity index (χ1v) is 17.8. The number of hydrogen-bond donors (Lipinski definition) is 0. The highest BCUT2D eigenvalue weighted by atomic mass is 32.1. The van der Waals surface area contributed by atoms with Crippen LogP contribution in [0.1, 0.15) is 35.2 Å². The molecule has 9 rings (SSSR count). The molecule has 2 atom stereocenters. The molecule has 8 aromatic rings. The maximum Gasteiger partial charge on any atom is 0.257 e. The second-order valence-electron chi connectivity index (χ2n) is 13.6. The number of pyridine rings is 3. The van der Waals surface area contributed by atoms with E-state index >= 15 is 0 Å². The molecule has 0 amide bonds. The Morgan fingerprint density at radius 3 is 2.14 bits per heavy atom. The second kappa shape index (κ2) is 11.3. The fraction of sp³-hybridized carbons (Fsp3) is 0.133. The number of aromatic nitrogens is 3. The van der Waals surface area contributed by atoms with E-state index in [1.165, 1.54) is 76.2 Å². The predicted molar refractivity (Wildman–Crippen MR) is 200 cm³/mol. The second-order valence-corrected chi connectivity index (χ2v) is 14.7. The van der Waals surface area contributed by atoms with Crippen molar-refractivity contribution in [1.82, 2.24) is 0 Å². The van der Waals surface area contributed by atoms with Crippen LogP contribution in [0.15, 0.2) is 152 Å². The first-order chi connectivity index (χ1) is 23.9. The monoisotopic (exact) mass is 652 g/mol. The van der Waals surface area contributed by atoms with Gasteiger partial charge >= 0.3 is 0 Å². The molecule has 0 aliphatic carbocycles. The molecule has 0 N–H and O–H groups in total. The van der Waals surface area contributed by atoms with Crippen LogP contribution in [0.5, 0.6) is 0 Å². The summed E-state index contributed by atoms with van der Waals surface area (Å²) >= 11 is 1.89. The van der Waals surface area contributed by atoms with Gasteiger partial charge in [0.2, 0.25) is 17.1 Å². The summed E-state index contributed by atoms with van der Waals surface area (Å²) in [6, 6.07) is 49.4. The van der Waals surface area contributed by atoms with Crippen molar-refractivity contribution in [3.63, 3.8) is 0 Å². The Bertz CT molecular complexity index is 2530. The fourth-order valence-electron chi connectivity index (χ4n) is 8.28. The summed E-state index contributed by atoms with van der Waals surface area (Å²) in [6.45, 7) is 6.89. The van der Waals surface area contributed by atoms with Gasteiger partial charge in [0.1, 0.15) is 7.05 Å². The van der Waals surface area contributed by atoms with Crippen molar-refractivity contribution < 1.29 is 13.7 Å². The Morgan fingerprint density at radius 1 is 0.571 bits per heavy atom. The summed E-state index contributed by atoms with van der Waals surface area (Å²) in [6.07, 6.45) is 6.78. The van der Waals surface area contributed by atoms with Crippen LogP contribution in [0.25, 0.3) is 53.9 Å². The fourth-order valence-corrected chi connectivity index (χ4v) is 9.41. The Balaban J connectivity index is 1.47.